The molecule has 7 heteroatoms. The van der Waals surface area contributed by atoms with Gasteiger partial charge in [-0.3, -0.25) is 9.59 Å². The largest absolute Gasteiger partial charge is 0.477 e. The molecule has 30 heavy (non-hydrogen) atoms. The molecule has 0 saturated heterocycles. The molecule has 2 amide bonds. The number of hydrogen-bond acceptors (Lipinski definition) is 4. The first-order chi connectivity index (χ1) is 14.5. The van der Waals surface area contributed by atoms with Crippen molar-refractivity contribution in [3.63, 3.8) is 0 Å². The molecule has 2 aromatic carbocycles. The summed E-state index contributed by atoms with van der Waals surface area (Å²) >= 11 is 0. The summed E-state index contributed by atoms with van der Waals surface area (Å²) in [5.74, 6) is 0.171. The van der Waals surface area contributed by atoms with Gasteiger partial charge in [-0.05, 0) is 38.1 Å². The number of aromatic nitrogens is 2. The van der Waals surface area contributed by atoms with E-state index in [9.17, 15) is 9.59 Å². The number of aryl methyl sites for hydroxylation is 1. The fourth-order valence-corrected chi connectivity index (χ4v) is 3.77. The number of amides is 2. The second-order valence-electron chi connectivity index (χ2n) is 7.27. The summed E-state index contributed by atoms with van der Waals surface area (Å²) in [6.45, 7) is 4.05. The molecule has 0 saturated carbocycles. The summed E-state index contributed by atoms with van der Waals surface area (Å²) in [4.78, 5) is 27.2. The number of rotatable bonds is 4. The lowest BCUT2D eigenvalue weighted by molar-refractivity contribution is -0.127. The van der Waals surface area contributed by atoms with E-state index in [1.165, 1.54) is 0 Å². The van der Waals surface area contributed by atoms with Crippen LogP contribution in [0.3, 0.4) is 0 Å². The van der Waals surface area contributed by atoms with E-state index in [4.69, 9.17) is 4.74 Å². The van der Waals surface area contributed by atoms with Crippen LogP contribution in [-0.4, -0.2) is 41.3 Å². The molecule has 4 rings (SSSR count). The van der Waals surface area contributed by atoms with Gasteiger partial charge in [0.1, 0.15) is 5.75 Å². The Hall–Kier alpha value is -3.61. The van der Waals surface area contributed by atoms with Crippen LogP contribution in [0.2, 0.25) is 0 Å². The second kappa shape index (κ2) is 8.02. The number of para-hydroxylation sites is 3. The highest BCUT2D eigenvalue weighted by atomic mass is 16.5. The number of carbonyl (C=O) groups excluding carboxylic acids is 2. The van der Waals surface area contributed by atoms with Gasteiger partial charge in [0.05, 0.1) is 30.0 Å². The van der Waals surface area contributed by atoms with Gasteiger partial charge in [-0.25, -0.2) is 4.68 Å². The summed E-state index contributed by atoms with van der Waals surface area (Å²) in [6.07, 6.45) is -0.553. The number of hydrogen-bond donors (Lipinski definition) is 1. The van der Waals surface area contributed by atoms with Crippen LogP contribution in [0.4, 0.5) is 5.69 Å². The van der Waals surface area contributed by atoms with Gasteiger partial charge in [0.15, 0.2) is 6.10 Å². The number of benzene rings is 2. The molecule has 1 aliphatic rings. The summed E-state index contributed by atoms with van der Waals surface area (Å²) in [7, 11) is 1.56. The zero-order chi connectivity index (χ0) is 21.3. The van der Waals surface area contributed by atoms with Crippen molar-refractivity contribution in [1.82, 2.24) is 15.1 Å². The predicted octanol–water partition coefficient (Wildman–Crippen LogP) is 2.57. The van der Waals surface area contributed by atoms with Crippen molar-refractivity contribution in [2.45, 2.75) is 26.4 Å². The van der Waals surface area contributed by atoms with Crippen molar-refractivity contribution in [2.24, 2.45) is 0 Å². The molecule has 1 aliphatic heterocycles. The Bertz CT molecular complexity index is 1090. The highest BCUT2D eigenvalue weighted by Crippen LogP contribution is 2.34. The fourth-order valence-electron chi connectivity index (χ4n) is 3.77. The van der Waals surface area contributed by atoms with Crippen LogP contribution in [0.1, 0.15) is 17.0 Å². The van der Waals surface area contributed by atoms with Gasteiger partial charge in [0.2, 0.25) is 5.91 Å². The summed E-state index contributed by atoms with van der Waals surface area (Å²) in [6, 6.07) is 17.1. The third-order valence-electron chi connectivity index (χ3n) is 5.38. The molecular formula is C23H24N4O3. The molecule has 154 valence electrons. The Balaban J connectivity index is 1.64. The number of anilines is 1. The molecule has 3 aromatic rings. The van der Waals surface area contributed by atoms with Gasteiger partial charge in [-0.15, -0.1) is 0 Å². The minimum Gasteiger partial charge on any atom is -0.477 e. The van der Waals surface area contributed by atoms with Gasteiger partial charge >= 0.3 is 0 Å². The Morgan fingerprint density at radius 1 is 1.10 bits per heavy atom. The Kier molecular flexibility index (Phi) is 5.27. The zero-order valence-corrected chi connectivity index (χ0v) is 17.3. The summed E-state index contributed by atoms with van der Waals surface area (Å²) < 4.78 is 7.66. The van der Waals surface area contributed by atoms with Gasteiger partial charge in [-0.2, -0.15) is 5.10 Å². The van der Waals surface area contributed by atoms with Crippen molar-refractivity contribution in [3.8, 4) is 11.4 Å². The average Bonchev–Trinajstić information content (AvgIpc) is 3.06. The molecule has 2 heterocycles. The topological polar surface area (TPSA) is 76.5 Å². The van der Waals surface area contributed by atoms with E-state index < -0.39 is 6.10 Å². The summed E-state index contributed by atoms with van der Waals surface area (Å²) in [5, 5.41) is 7.24. The van der Waals surface area contributed by atoms with E-state index in [1.807, 2.05) is 67.1 Å². The Labute approximate surface area is 175 Å². The third kappa shape index (κ3) is 3.54. The monoisotopic (exact) mass is 404 g/mol. The Morgan fingerprint density at radius 2 is 1.80 bits per heavy atom. The first-order valence-electron chi connectivity index (χ1n) is 9.87. The molecule has 0 unspecified atom stereocenters. The van der Waals surface area contributed by atoms with Crippen molar-refractivity contribution in [2.75, 3.05) is 18.5 Å². The molecule has 7 nitrogen and oxygen atoms in total. The molecule has 1 aromatic heterocycles. The molecule has 0 radical (unpaired) electrons. The van der Waals surface area contributed by atoms with Crippen molar-refractivity contribution < 1.29 is 14.3 Å². The predicted molar refractivity (Wildman–Crippen MR) is 114 cm³/mol. The van der Waals surface area contributed by atoms with E-state index in [2.05, 4.69) is 10.4 Å². The number of nitrogens with one attached hydrogen (secondary N) is 1. The van der Waals surface area contributed by atoms with E-state index in [0.717, 1.165) is 22.6 Å². The number of likely N-dealkylation sites (N-methyl/N-ethyl adjacent to an activating group) is 1. The van der Waals surface area contributed by atoms with E-state index in [0.29, 0.717) is 11.4 Å². The SMILES string of the molecule is CNC(=O)[C@H]1CN(C(=O)Cc2c(C)nn(-c3ccccc3)c2C)c2ccccc2O1. The maximum absolute atomic E-state index is 13.3. The van der Waals surface area contributed by atoms with Crippen LogP contribution in [0.15, 0.2) is 54.6 Å². The van der Waals surface area contributed by atoms with Gasteiger partial charge in [0.25, 0.3) is 5.91 Å². The minimum absolute atomic E-state index is 0.0986. The summed E-state index contributed by atoms with van der Waals surface area (Å²) in [5.41, 5.74) is 4.26. The maximum atomic E-state index is 13.3. The molecule has 0 spiro atoms. The molecule has 1 atom stereocenters. The van der Waals surface area contributed by atoms with E-state index >= 15 is 0 Å². The smallest absolute Gasteiger partial charge is 0.262 e. The van der Waals surface area contributed by atoms with E-state index in [1.54, 1.807) is 18.0 Å². The maximum Gasteiger partial charge on any atom is 0.262 e. The van der Waals surface area contributed by atoms with Gasteiger partial charge in [0, 0.05) is 18.3 Å². The number of ether oxygens (including phenoxy) is 1. The lowest BCUT2D eigenvalue weighted by Crippen LogP contribution is -2.50. The average molecular weight is 404 g/mol. The second-order valence-corrected chi connectivity index (χ2v) is 7.27. The zero-order valence-electron chi connectivity index (χ0n) is 17.3. The van der Waals surface area contributed by atoms with Gasteiger partial charge in [-0.1, -0.05) is 30.3 Å². The highest BCUT2D eigenvalue weighted by Gasteiger charge is 2.33. The Morgan fingerprint density at radius 3 is 2.53 bits per heavy atom. The van der Waals surface area contributed by atoms with Crippen LogP contribution in [0, 0.1) is 13.8 Å². The molecule has 0 fully saturated rings. The first-order valence-corrected chi connectivity index (χ1v) is 9.87. The quantitative estimate of drug-likeness (QED) is 0.725. The third-order valence-corrected chi connectivity index (χ3v) is 5.38. The van der Waals surface area contributed by atoms with Crippen LogP contribution in [0.25, 0.3) is 5.69 Å². The van der Waals surface area contributed by atoms with Crippen LogP contribution in [0.5, 0.6) is 5.75 Å². The van der Waals surface area contributed by atoms with Crippen molar-refractivity contribution >= 4 is 17.5 Å². The lowest BCUT2D eigenvalue weighted by Gasteiger charge is -2.34. The highest BCUT2D eigenvalue weighted by molar-refractivity contribution is 5.98. The van der Waals surface area contributed by atoms with E-state index in [-0.39, 0.29) is 24.8 Å². The molecule has 0 aliphatic carbocycles. The molecule has 0 bridgehead atoms. The number of carbonyl (C=O) groups is 2. The molecule has 1 N–H and O–H groups in total. The fraction of sp³-hybridized carbons (Fsp3) is 0.261. The van der Waals surface area contributed by atoms with Crippen LogP contribution < -0.4 is 15.0 Å². The molecular weight excluding hydrogens is 380 g/mol. The standard InChI is InChI=1S/C23H24N4O3/c1-15-18(16(2)27(25-15)17-9-5-4-6-10-17)13-22(28)26-14-21(23(29)24-3)30-20-12-8-7-11-19(20)26/h4-12,21H,13-14H2,1-3H3,(H,24,29)/t21-/m1/s1. The lowest BCUT2D eigenvalue weighted by atomic mass is 10.1. The van der Waals surface area contributed by atoms with Crippen LogP contribution in [-0.2, 0) is 16.0 Å². The number of nitrogens with zero attached hydrogens (tertiary/aromatic N) is 3. The van der Waals surface area contributed by atoms with Crippen molar-refractivity contribution in [3.05, 3.63) is 71.5 Å². The minimum atomic E-state index is -0.747. The van der Waals surface area contributed by atoms with Crippen molar-refractivity contribution in [1.29, 1.82) is 0 Å². The first kappa shape index (κ1) is 19.7. The number of fused-ring (bicyclic) bond motifs is 1. The van der Waals surface area contributed by atoms with Crippen LogP contribution >= 0.6 is 0 Å². The van der Waals surface area contributed by atoms with Gasteiger partial charge < -0.3 is 15.0 Å². The normalized spacial score (nSPS) is 15.3.